The van der Waals surface area contributed by atoms with E-state index in [9.17, 15) is 14.3 Å². The molecule has 5 nitrogen and oxygen atoms in total. The summed E-state index contributed by atoms with van der Waals surface area (Å²) in [7, 11) is 1.47. The van der Waals surface area contributed by atoms with Crippen molar-refractivity contribution in [3.8, 4) is 5.75 Å². The Hall–Kier alpha value is -1.66. The van der Waals surface area contributed by atoms with Gasteiger partial charge < -0.3 is 15.2 Å². The van der Waals surface area contributed by atoms with Crippen molar-refractivity contribution in [2.24, 2.45) is 11.8 Å². The fourth-order valence-corrected chi connectivity index (χ4v) is 4.13. The van der Waals surface area contributed by atoms with Crippen LogP contribution in [0.5, 0.6) is 5.75 Å². The van der Waals surface area contributed by atoms with E-state index in [1.54, 1.807) is 12.1 Å². The predicted octanol–water partition coefficient (Wildman–Crippen LogP) is 1.54. The molecule has 0 bridgehead atoms. The van der Waals surface area contributed by atoms with Crippen molar-refractivity contribution >= 4 is 5.91 Å². The highest BCUT2D eigenvalue weighted by atomic mass is 19.1. The average Bonchev–Trinajstić information content (AvgIpc) is 2.90. The maximum Gasteiger partial charge on any atom is 0.217 e. The Morgan fingerprint density at radius 3 is 2.75 bits per heavy atom. The number of aliphatic hydroxyl groups is 1. The van der Waals surface area contributed by atoms with Crippen LogP contribution in [0.2, 0.25) is 0 Å². The van der Waals surface area contributed by atoms with Crippen LogP contribution >= 0.6 is 0 Å². The number of likely N-dealkylation sites (tertiary alicyclic amines) is 1. The lowest BCUT2D eigenvalue weighted by molar-refractivity contribution is -0.121. The topological polar surface area (TPSA) is 61.8 Å². The molecular weight excluding hydrogens is 311 g/mol. The molecule has 0 unspecified atom stereocenters. The Morgan fingerprint density at radius 2 is 2.08 bits per heavy atom. The van der Waals surface area contributed by atoms with Crippen molar-refractivity contribution < 1.29 is 19.0 Å². The molecule has 6 heteroatoms. The van der Waals surface area contributed by atoms with Gasteiger partial charge in [0.25, 0.3) is 0 Å². The summed E-state index contributed by atoms with van der Waals surface area (Å²) in [4.78, 5) is 13.6. The molecule has 1 aromatic rings. The van der Waals surface area contributed by atoms with E-state index >= 15 is 0 Å². The molecule has 1 saturated carbocycles. The number of aliphatic hydroxyl groups excluding tert-OH is 1. The number of methoxy groups -OCH3 is 1. The van der Waals surface area contributed by atoms with Gasteiger partial charge in [0.1, 0.15) is 0 Å². The van der Waals surface area contributed by atoms with Gasteiger partial charge in [-0.2, -0.15) is 0 Å². The molecule has 1 heterocycles. The van der Waals surface area contributed by atoms with Crippen molar-refractivity contribution in [3.05, 3.63) is 29.6 Å². The van der Waals surface area contributed by atoms with Crippen LogP contribution in [0.3, 0.4) is 0 Å². The molecule has 0 radical (unpaired) electrons. The average molecular weight is 336 g/mol. The van der Waals surface area contributed by atoms with Crippen molar-refractivity contribution in [2.75, 3.05) is 20.2 Å². The zero-order chi connectivity index (χ0) is 17.3. The number of hydrogen-bond donors (Lipinski definition) is 2. The van der Waals surface area contributed by atoms with Gasteiger partial charge in [-0.25, -0.2) is 4.39 Å². The monoisotopic (exact) mass is 336 g/mol. The fraction of sp³-hybridized carbons (Fsp3) is 0.611. The van der Waals surface area contributed by atoms with E-state index in [0.717, 1.165) is 38.0 Å². The Bertz CT molecular complexity index is 610. The minimum absolute atomic E-state index is 0.0919. The van der Waals surface area contributed by atoms with E-state index in [-0.39, 0.29) is 23.5 Å². The molecule has 1 aromatic carbocycles. The van der Waals surface area contributed by atoms with Crippen molar-refractivity contribution in [2.45, 2.75) is 38.5 Å². The van der Waals surface area contributed by atoms with Gasteiger partial charge in [-0.15, -0.1) is 0 Å². The largest absolute Gasteiger partial charge is 0.494 e. The zero-order valence-electron chi connectivity index (χ0n) is 14.2. The molecule has 1 aliphatic carbocycles. The predicted molar refractivity (Wildman–Crippen MR) is 88.1 cm³/mol. The minimum Gasteiger partial charge on any atom is -0.494 e. The third-order valence-corrected chi connectivity index (χ3v) is 5.23. The molecule has 2 fully saturated rings. The minimum atomic E-state index is -0.471. The van der Waals surface area contributed by atoms with Gasteiger partial charge in [0.2, 0.25) is 5.91 Å². The third kappa shape index (κ3) is 3.70. The first-order chi connectivity index (χ1) is 11.5. The van der Waals surface area contributed by atoms with Gasteiger partial charge in [-0.3, -0.25) is 9.69 Å². The fourth-order valence-electron chi connectivity index (χ4n) is 4.13. The summed E-state index contributed by atoms with van der Waals surface area (Å²) in [5, 5.41) is 13.1. The molecule has 1 amide bonds. The second kappa shape index (κ2) is 7.07. The number of ether oxygens (including phenoxy) is 1. The van der Waals surface area contributed by atoms with Gasteiger partial charge in [-0.05, 0) is 42.4 Å². The maximum atomic E-state index is 13.5. The summed E-state index contributed by atoms with van der Waals surface area (Å²) in [5.74, 6) is 0.758. The van der Waals surface area contributed by atoms with Gasteiger partial charge in [-0.1, -0.05) is 6.07 Å². The zero-order valence-corrected chi connectivity index (χ0v) is 14.2. The van der Waals surface area contributed by atoms with Crippen LogP contribution in [-0.2, 0) is 11.3 Å². The molecular formula is C18H25FN2O3. The molecule has 1 saturated heterocycles. The SMILES string of the molecule is COc1cc(CN2C[C@H]3C[C@@H](NC(C)=O)[C@H](O)C[C@H]3C2)ccc1F. The first-order valence-corrected chi connectivity index (χ1v) is 8.46. The van der Waals surface area contributed by atoms with Crippen LogP contribution in [0.15, 0.2) is 18.2 Å². The number of carbonyl (C=O) groups excluding carboxylic acids is 1. The van der Waals surface area contributed by atoms with Gasteiger partial charge in [0, 0.05) is 26.6 Å². The van der Waals surface area contributed by atoms with E-state index < -0.39 is 6.10 Å². The highest BCUT2D eigenvalue weighted by Gasteiger charge is 2.41. The number of fused-ring (bicyclic) bond motifs is 1. The van der Waals surface area contributed by atoms with Crippen LogP contribution in [0, 0.1) is 17.7 Å². The summed E-state index contributed by atoms with van der Waals surface area (Å²) < 4.78 is 18.6. The molecule has 0 spiro atoms. The van der Waals surface area contributed by atoms with E-state index in [4.69, 9.17) is 4.74 Å². The number of nitrogens with one attached hydrogen (secondary N) is 1. The van der Waals surface area contributed by atoms with E-state index in [0.29, 0.717) is 11.8 Å². The summed E-state index contributed by atoms with van der Waals surface area (Å²) in [6, 6.07) is 4.82. The first kappa shape index (κ1) is 17.2. The van der Waals surface area contributed by atoms with E-state index in [1.165, 1.54) is 20.1 Å². The molecule has 0 aromatic heterocycles. The Balaban J connectivity index is 1.62. The van der Waals surface area contributed by atoms with Crippen LogP contribution in [0.25, 0.3) is 0 Å². The molecule has 3 rings (SSSR count). The Labute approximate surface area is 141 Å². The summed E-state index contributed by atoms with van der Waals surface area (Å²) in [5.41, 5.74) is 1.02. The molecule has 1 aliphatic heterocycles. The standard InChI is InChI=1S/C18H25FN2O3/c1-11(22)20-16-6-13-9-21(10-14(13)7-17(16)23)8-12-3-4-15(19)18(5-12)24-2/h3-5,13-14,16-17,23H,6-10H2,1-2H3,(H,20,22)/t13-,14+,16-,17-/m1/s1. The second-order valence-corrected chi connectivity index (χ2v) is 7.03. The molecule has 132 valence electrons. The molecule has 2 N–H and O–H groups in total. The quantitative estimate of drug-likeness (QED) is 0.876. The number of halogens is 1. The smallest absolute Gasteiger partial charge is 0.217 e. The lowest BCUT2D eigenvalue weighted by Crippen LogP contribution is -2.48. The van der Waals surface area contributed by atoms with Crippen LogP contribution in [0.1, 0.15) is 25.3 Å². The lowest BCUT2D eigenvalue weighted by atomic mass is 9.77. The van der Waals surface area contributed by atoms with E-state index in [1.807, 2.05) is 0 Å². The van der Waals surface area contributed by atoms with Crippen molar-refractivity contribution in [1.82, 2.24) is 10.2 Å². The van der Waals surface area contributed by atoms with Gasteiger partial charge in [0.05, 0.1) is 19.3 Å². The highest BCUT2D eigenvalue weighted by Crippen LogP contribution is 2.37. The van der Waals surface area contributed by atoms with Crippen LogP contribution < -0.4 is 10.1 Å². The Kier molecular flexibility index (Phi) is 5.06. The summed E-state index contributed by atoms with van der Waals surface area (Å²) in [6.45, 7) is 4.09. The second-order valence-electron chi connectivity index (χ2n) is 7.03. The van der Waals surface area contributed by atoms with E-state index in [2.05, 4.69) is 10.2 Å². The van der Waals surface area contributed by atoms with Gasteiger partial charge >= 0.3 is 0 Å². The van der Waals surface area contributed by atoms with Gasteiger partial charge in [0.15, 0.2) is 11.6 Å². The number of nitrogens with zero attached hydrogens (tertiary/aromatic N) is 1. The van der Waals surface area contributed by atoms with Crippen molar-refractivity contribution in [1.29, 1.82) is 0 Å². The number of carbonyl (C=O) groups is 1. The normalized spacial score (nSPS) is 30.0. The van der Waals surface area contributed by atoms with Crippen molar-refractivity contribution in [3.63, 3.8) is 0 Å². The Morgan fingerprint density at radius 1 is 1.38 bits per heavy atom. The third-order valence-electron chi connectivity index (χ3n) is 5.23. The summed E-state index contributed by atoms with van der Waals surface area (Å²) >= 11 is 0. The molecule has 4 atom stereocenters. The highest BCUT2D eigenvalue weighted by molar-refractivity contribution is 5.73. The van der Waals surface area contributed by atoms with Crippen LogP contribution in [0.4, 0.5) is 4.39 Å². The number of rotatable bonds is 4. The molecule has 2 aliphatic rings. The first-order valence-electron chi connectivity index (χ1n) is 8.46. The molecule has 24 heavy (non-hydrogen) atoms. The van der Waals surface area contributed by atoms with Crippen LogP contribution in [-0.4, -0.2) is 48.3 Å². The summed E-state index contributed by atoms with van der Waals surface area (Å²) in [6.07, 6.45) is 1.06. The maximum absolute atomic E-state index is 13.5. The number of hydrogen-bond acceptors (Lipinski definition) is 4. The lowest BCUT2D eigenvalue weighted by Gasteiger charge is -2.35. The number of amides is 1. The number of benzene rings is 1.